The van der Waals surface area contributed by atoms with Gasteiger partial charge in [-0.05, 0) is 43.9 Å². The van der Waals surface area contributed by atoms with Gasteiger partial charge in [-0.1, -0.05) is 0 Å². The Morgan fingerprint density at radius 3 is 2.57 bits per heavy atom. The molecule has 1 aromatic carbocycles. The topological polar surface area (TPSA) is 68.1 Å². The van der Waals surface area contributed by atoms with Crippen molar-refractivity contribution in [2.45, 2.75) is 48.0 Å². The highest BCUT2D eigenvalue weighted by atomic mass is 32.2. The minimum Gasteiger partial charge on any atom is -0.370 e. The normalized spacial score (nSPS) is 21.1. The first-order chi connectivity index (χ1) is 13.2. The second-order valence-electron chi connectivity index (χ2n) is 7.17. The van der Waals surface area contributed by atoms with Crippen LogP contribution in [0.1, 0.15) is 43.5 Å². The summed E-state index contributed by atoms with van der Waals surface area (Å²) in [5.74, 6) is -0.369. The number of hydrogen-bond donors (Lipinski definition) is 0. The minimum absolute atomic E-state index is 0.0941. The minimum atomic E-state index is -5.68. The Bertz CT molecular complexity index is 985. The number of piperidine rings is 1. The van der Waals surface area contributed by atoms with E-state index in [1.807, 2.05) is 4.57 Å². The molecule has 1 saturated carbocycles. The lowest BCUT2D eigenvalue weighted by atomic mass is 9.96. The number of hydrogen-bond acceptors (Lipinski definition) is 5. The van der Waals surface area contributed by atoms with E-state index >= 15 is 0 Å². The van der Waals surface area contributed by atoms with Gasteiger partial charge in [0.15, 0.2) is 0 Å². The van der Waals surface area contributed by atoms with E-state index in [0.29, 0.717) is 25.1 Å². The van der Waals surface area contributed by atoms with Crippen molar-refractivity contribution in [3.8, 4) is 0 Å². The van der Waals surface area contributed by atoms with Gasteiger partial charge in [-0.15, -0.1) is 10.2 Å². The Kier molecular flexibility index (Phi) is 4.59. The molecule has 0 N–H and O–H groups in total. The highest BCUT2D eigenvalue weighted by Gasteiger charge is 2.48. The van der Waals surface area contributed by atoms with Gasteiger partial charge < -0.3 is 9.47 Å². The number of anilines is 1. The summed E-state index contributed by atoms with van der Waals surface area (Å²) < 4.78 is 78.9. The first kappa shape index (κ1) is 19.2. The predicted octanol–water partition coefficient (Wildman–Crippen LogP) is 3.43. The molecule has 1 atom stereocenters. The van der Waals surface area contributed by atoms with Crippen LogP contribution in [0, 0.1) is 5.82 Å². The number of aromatic nitrogens is 3. The predicted molar refractivity (Wildman–Crippen MR) is 92.1 cm³/mol. The second kappa shape index (κ2) is 6.71. The fourth-order valence-corrected chi connectivity index (χ4v) is 4.66. The monoisotopic (exact) mass is 418 g/mol. The fraction of sp³-hybridized carbons (Fsp3) is 0.529. The van der Waals surface area contributed by atoms with Crippen molar-refractivity contribution in [1.82, 2.24) is 14.8 Å². The van der Waals surface area contributed by atoms with Gasteiger partial charge in [0.2, 0.25) is 0 Å². The number of halogens is 4. The molecule has 0 amide bonds. The third kappa shape index (κ3) is 3.36. The Balaban J connectivity index is 1.68. The quantitative estimate of drug-likeness (QED) is 0.712. The van der Waals surface area contributed by atoms with Crippen LogP contribution in [-0.4, -0.2) is 41.8 Å². The van der Waals surface area contributed by atoms with E-state index in [0.717, 1.165) is 37.2 Å². The lowest BCUT2D eigenvalue weighted by Gasteiger charge is -2.35. The molecule has 2 heterocycles. The Labute approximate surface area is 159 Å². The molecule has 1 aliphatic heterocycles. The summed E-state index contributed by atoms with van der Waals surface area (Å²) in [7, 11) is -5.68. The van der Waals surface area contributed by atoms with E-state index in [2.05, 4.69) is 10.2 Å². The lowest BCUT2D eigenvalue weighted by molar-refractivity contribution is -0.0435. The van der Waals surface area contributed by atoms with Crippen LogP contribution in [0.3, 0.4) is 0 Å². The summed E-state index contributed by atoms with van der Waals surface area (Å²) in [5.41, 5.74) is -5.64. The molecule has 2 fully saturated rings. The van der Waals surface area contributed by atoms with Gasteiger partial charge in [-0.25, -0.2) is 12.8 Å². The van der Waals surface area contributed by atoms with Crippen LogP contribution in [0.5, 0.6) is 0 Å². The molecule has 1 aromatic heterocycles. The summed E-state index contributed by atoms with van der Waals surface area (Å²) in [6, 6.07) is 2.87. The van der Waals surface area contributed by atoms with E-state index in [4.69, 9.17) is 0 Å². The molecule has 1 aliphatic carbocycles. The zero-order chi connectivity index (χ0) is 20.1. The largest absolute Gasteiger partial charge is 0.501 e. The molecule has 0 radical (unpaired) electrons. The number of benzene rings is 1. The lowest BCUT2D eigenvalue weighted by Crippen LogP contribution is -2.37. The molecule has 1 saturated heterocycles. The SMILES string of the molecule is O=S(=O)(c1cc(F)ccc1N1CCCC(c2nncn2C2CC2)C1)C(F)(F)F. The summed E-state index contributed by atoms with van der Waals surface area (Å²) in [4.78, 5) is 0.516. The third-order valence-electron chi connectivity index (χ3n) is 5.18. The molecule has 4 rings (SSSR count). The number of nitrogens with zero attached hydrogens (tertiary/aromatic N) is 4. The maximum Gasteiger partial charge on any atom is 0.501 e. The van der Waals surface area contributed by atoms with Crippen LogP contribution in [0.4, 0.5) is 23.2 Å². The fourth-order valence-electron chi connectivity index (χ4n) is 3.67. The van der Waals surface area contributed by atoms with Gasteiger partial charge in [-0.2, -0.15) is 13.2 Å². The van der Waals surface area contributed by atoms with Gasteiger partial charge in [-0.3, -0.25) is 0 Å². The standard InChI is InChI=1S/C17H18F4N4O2S/c18-12-3-6-14(15(8-12)28(26,27)17(19,20)21)24-7-1-2-11(9-24)16-23-22-10-25(16)13-4-5-13/h3,6,8,10-11,13H,1-2,4-5,7,9H2. The highest BCUT2D eigenvalue weighted by Crippen LogP contribution is 2.40. The summed E-state index contributed by atoms with van der Waals surface area (Å²) in [5, 5.41) is 8.14. The van der Waals surface area contributed by atoms with Crippen molar-refractivity contribution in [3.05, 3.63) is 36.2 Å². The van der Waals surface area contributed by atoms with Crippen LogP contribution in [0.25, 0.3) is 0 Å². The van der Waals surface area contributed by atoms with Crippen molar-refractivity contribution >= 4 is 15.5 Å². The van der Waals surface area contributed by atoms with Gasteiger partial charge >= 0.3 is 5.51 Å². The van der Waals surface area contributed by atoms with E-state index in [1.165, 1.54) is 0 Å². The third-order valence-corrected chi connectivity index (χ3v) is 6.70. The number of sulfone groups is 1. The Morgan fingerprint density at radius 1 is 1.14 bits per heavy atom. The molecular formula is C17H18F4N4O2S. The van der Waals surface area contributed by atoms with Gasteiger partial charge in [0.1, 0.15) is 22.9 Å². The number of rotatable bonds is 4. The first-order valence-corrected chi connectivity index (χ1v) is 10.4. The maximum absolute atomic E-state index is 13.6. The van der Waals surface area contributed by atoms with Crippen molar-refractivity contribution < 1.29 is 26.0 Å². The van der Waals surface area contributed by atoms with E-state index in [1.54, 1.807) is 11.2 Å². The molecule has 1 unspecified atom stereocenters. The molecule has 0 spiro atoms. The molecule has 152 valence electrons. The zero-order valence-corrected chi connectivity index (χ0v) is 15.5. The van der Waals surface area contributed by atoms with Crippen molar-refractivity contribution in [1.29, 1.82) is 0 Å². The summed E-state index contributed by atoms with van der Waals surface area (Å²) in [6.07, 6.45) is 5.14. The van der Waals surface area contributed by atoms with Crippen LogP contribution in [-0.2, 0) is 9.84 Å². The van der Waals surface area contributed by atoms with Crippen LogP contribution >= 0.6 is 0 Å². The Morgan fingerprint density at radius 2 is 1.89 bits per heavy atom. The van der Waals surface area contributed by atoms with Gasteiger partial charge in [0, 0.05) is 25.0 Å². The van der Waals surface area contributed by atoms with E-state index in [-0.39, 0.29) is 18.2 Å². The van der Waals surface area contributed by atoms with E-state index < -0.39 is 26.1 Å². The molecular weight excluding hydrogens is 400 g/mol. The van der Waals surface area contributed by atoms with Crippen LogP contribution in [0.2, 0.25) is 0 Å². The summed E-state index contributed by atoms with van der Waals surface area (Å²) in [6.45, 7) is 0.664. The molecule has 2 aromatic rings. The number of alkyl halides is 3. The molecule has 0 bridgehead atoms. The molecule has 28 heavy (non-hydrogen) atoms. The first-order valence-electron chi connectivity index (χ1n) is 8.94. The Hall–Kier alpha value is -2.17. The maximum atomic E-state index is 13.6. The highest BCUT2D eigenvalue weighted by molar-refractivity contribution is 7.92. The molecule has 6 nitrogen and oxygen atoms in total. The van der Waals surface area contributed by atoms with Crippen molar-refractivity contribution in [3.63, 3.8) is 0 Å². The summed E-state index contributed by atoms with van der Waals surface area (Å²) >= 11 is 0. The van der Waals surface area contributed by atoms with Crippen LogP contribution < -0.4 is 4.90 Å². The average molecular weight is 418 g/mol. The smallest absolute Gasteiger partial charge is 0.370 e. The zero-order valence-electron chi connectivity index (χ0n) is 14.7. The van der Waals surface area contributed by atoms with Gasteiger partial charge in [0.05, 0.1) is 5.69 Å². The van der Waals surface area contributed by atoms with E-state index in [9.17, 15) is 26.0 Å². The van der Waals surface area contributed by atoms with Crippen molar-refractivity contribution in [2.75, 3.05) is 18.0 Å². The average Bonchev–Trinajstić information content (AvgIpc) is 3.37. The van der Waals surface area contributed by atoms with Crippen LogP contribution in [0.15, 0.2) is 29.4 Å². The van der Waals surface area contributed by atoms with Gasteiger partial charge in [0.25, 0.3) is 9.84 Å². The second-order valence-corrected chi connectivity index (χ2v) is 9.08. The molecule has 2 aliphatic rings. The molecule has 11 heteroatoms. The van der Waals surface area contributed by atoms with Crippen molar-refractivity contribution in [2.24, 2.45) is 0 Å².